The van der Waals surface area contributed by atoms with Gasteiger partial charge in [0.2, 0.25) is 5.91 Å². The molecule has 0 spiro atoms. The molecule has 2 atom stereocenters. The second-order valence-electron chi connectivity index (χ2n) is 8.32. The first kappa shape index (κ1) is 17.8. The summed E-state index contributed by atoms with van der Waals surface area (Å²) >= 11 is 0. The van der Waals surface area contributed by atoms with E-state index in [9.17, 15) is 4.79 Å². The average molecular weight is 357 g/mol. The van der Waals surface area contributed by atoms with Gasteiger partial charge in [-0.15, -0.1) is 0 Å². The molecule has 4 rings (SSSR count). The third-order valence-electron chi connectivity index (χ3n) is 6.60. The lowest BCUT2D eigenvalue weighted by Crippen LogP contribution is -2.54. The van der Waals surface area contributed by atoms with Gasteiger partial charge in [-0.1, -0.05) is 12.8 Å². The summed E-state index contributed by atoms with van der Waals surface area (Å²) < 4.78 is 0. The van der Waals surface area contributed by atoms with Crippen LogP contribution in [0.5, 0.6) is 0 Å². The second-order valence-corrected chi connectivity index (χ2v) is 8.32. The van der Waals surface area contributed by atoms with Gasteiger partial charge in [-0.25, -0.2) is 0 Å². The van der Waals surface area contributed by atoms with Gasteiger partial charge in [-0.2, -0.15) is 0 Å². The van der Waals surface area contributed by atoms with Crippen LogP contribution in [-0.4, -0.2) is 54.1 Å². The smallest absolute Gasteiger partial charge is 0.223 e. The summed E-state index contributed by atoms with van der Waals surface area (Å²) in [6, 6.07) is 3.41. The van der Waals surface area contributed by atoms with Crippen molar-refractivity contribution in [2.75, 3.05) is 31.1 Å². The number of hydrogen-bond donors (Lipinski definition) is 1. The summed E-state index contributed by atoms with van der Waals surface area (Å²) in [7, 11) is 0. The van der Waals surface area contributed by atoms with E-state index in [0.29, 0.717) is 18.0 Å². The first-order chi connectivity index (χ1) is 12.7. The maximum Gasteiger partial charge on any atom is 0.223 e. The Labute approximate surface area is 157 Å². The monoisotopic (exact) mass is 356 g/mol. The highest BCUT2D eigenvalue weighted by atomic mass is 16.1. The van der Waals surface area contributed by atoms with Gasteiger partial charge < -0.3 is 10.2 Å². The number of fused-ring (bicyclic) bond motifs is 2. The summed E-state index contributed by atoms with van der Waals surface area (Å²) in [6.07, 6.45) is 12.2. The Bertz CT molecular complexity index is 614. The molecule has 2 aliphatic heterocycles. The van der Waals surface area contributed by atoms with Crippen molar-refractivity contribution in [3.8, 4) is 0 Å². The van der Waals surface area contributed by atoms with Crippen LogP contribution in [0.1, 0.15) is 50.5 Å². The molecule has 1 saturated carbocycles. The van der Waals surface area contributed by atoms with E-state index in [4.69, 9.17) is 0 Å². The minimum Gasteiger partial charge on any atom is -0.367 e. The van der Waals surface area contributed by atoms with Gasteiger partial charge >= 0.3 is 0 Å². The van der Waals surface area contributed by atoms with Crippen LogP contribution < -0.4 is 10.2 Å². The molecule has 2 bridgehead atoms. The molecule has 1 N–H and O–H groups in total. The van der Waals surface area contributed by atoms with Crippen LogP contribution in [0.15, 0.2) is 18.5 Å². The van der Waals surface area contributed by atoms with E-state index >= 15 is 0 Å². The van der Waals surface area contributed by atoms with E-state index in [1.807, 2.05) is 12.4 Å². The van der Waals surface area contributed by atoms with Crippen molar-refractivity contribution < 1.29 is 4.79 Å². The molecule has 1 amide bonds. The highest BCUT2D eigenvalue weighted by molar-refractivity contribution is 5.78. The van der Waals surface area contributed by atoms with Crippen molar-refractivity contribution in [1.82, 2.24) is 15.2 Å². The van der Waals surface area contributed by atoms with Gasteiger partial charge in [-0.3, -0.25) is 14.7 Å². The Morgan fingerprint density at radius 1 is 1.19 bits per heavy atom. The highest BCUT2D eigenvalue weighted by Crippen LogP contribution is 2.33. The van der Waals surface area contributed by atoms with Crippen LogP contribution in [-0.2, 0) is 4.79 Å². The van der Waals surface area contributed by atoms with E-state index in [-0.39, 0.29) is 5.92 Å². The molecule has 5 nitrogen and oxygen atoms in total. The number of rotatable bonds is 6. The molecule has 1 aromatic heterocycles. The van der Waals surface area contributed by atoms with Gasteiger partial charge in [0.05, 0.1) is 11.9 Å². The van der Waals surface area contributed by atoms with Crippen molar-refractivity contribution >= 4 is 11.6 Å². The molecular weight excluding hydrogens is 324 g/mol. The predicted molar refractivity (Wildman–Crippen MR) is 104 cm³/mol. The average Bonchev–Trinajstić information content (AvgIpc) is 3.25. The van der Waals surface area contributed by atoms with Crippen LogP contribution in [0.2, 0.25) is 0 Å². The topological polar surface area (TPSA) is 48.5 Å². The van der Waals surface area contributed by atoms with E-state index in [1.165, 1.54) is 36.9 Å². The van der Waals surface area contributed by atoms with Crippen LogP contribution in [0, 0.1) is 12.8 Å². The van der Waals surface area contributed by atoms with E-state index in [2.05, 4.69) is 33.1 Å². The Morgan fingerprint density at radius 2 is 1.92 bits per heavy atom. The predicted octanol–water partition coefficient (Wildman–Crippen LogP) is 2.74. The van der Waals surface area contributed by atoms with Crippen molar-refractivity contribution in [1.29, 1.82) is 0 Å². The number of anilines is 1. The first-order valence-electron chi connectivity index (χ1n) is 10.4. The van der Waals surface area contributed by atoms with Crippen molar-refractivity contribution in [2.24, 2.45) is 5.92 Å². The lowest BCUT2D eigenvalue weighted by molar-refractivity contribution is -0.124. The molecule has 1 aliphatic carbocycles. The van der Waals surface area contributed by atoms with Crippen LogP contribution in [0.3, 0.4) is 0 Å². The Morgan fingerprint density at radius 3 is 2.62 bits per heavy atom. The fourth-order valence-electron chi connectivity index (χ4n) is 5.14. The zero-order chi connectivity index (χ0) is 17.9. The van der Waals surface area contributed by atoms with Gasteiger partial charge in [-0.05, 0) is 50.7 Å². The zero-order valence-electron chi connectivity index (χ0n) is 16.0. The SMILES string of the molecule is Cc1ccncc1N1CC2CCC(C1)N2CCCNC(=O)C1CCCC1. The minimum absolute atomic E-state index is 0.289. The molecule has 3 heterocycles. The molecule has 26 heavy (non-hydrogen) atoms. The molecule has 0 aromatic carbocycles. The number of hydrogen-bond acceptors (Lipinski definition) is 4. The third-order valence-corrected chi connectivity index (χ3v) is 6.60. The van der Waals surface area contributed by atoms with Crippen molar-refractivity contribution in [2.45, 2.75) is 64.0 Å². The van der Waals surface area contributed by atoms with Gasteiger partial charge in [0.1, 0.15) is 0 Å². The number of pyridine rings is 1. The summed E-state index contributed by atoms with van der Waals surface area (Å²) in [5, 5.41) is 3.17. The number of aromatic nitrogens is 1. The van der Waals surface area contributed by atoms with Gasteiger partial charge in [0, 0.05) is 50.4 Å². The summed E-state index contributed by atoms with van der Waals surface area (Å²) in [5.74, 6) is 0.583. The number of piperazine rings is 1. The standard InChI is InChI=1S/C21H32N4O/c1-16-9-11-22-13-20(16)24-14-18-7-8-19(15-24)25(18)12-4-10-23-21(26)17-5-2-3-6-17/h9,11,13,17-19H,2-8,10,12,14-15H2,1H3,(H,23,26). The maximum atomic E-state index is 12.1. The number of carbonyl (C=O) groups excluding carboxylic acids is 1. The Kier molecular flexibility index (Phi) is 5.44. The first-order valence-corrected chi connectivity index (χ1v) is 10.4. The molecular formula is C21H32N4O. The Balaban J connectivity index is 1.25. The van der Waals surface area contributed by atoms with Gasteiger partial charge in [0.15, 0.2) is 0 Å². The third kappa shape index (κ3) is 3.73. The number of nitrogens with zero attached hydrogens (tertiary/aromatic N) is 3. The fourth-order valence-corrected chi connectivity index (χ4v) is 5.14. The molecule has 5 heteroatoms. The molecule has 142 valence electrons. The Hall–Kier alpha value is -1.62. The normalized spacial score (nSPS) is 26.4. The molecule has 2 unspecified atom stereocenters. The van der Waals surface area contributed by atoms with E-state index in [1.54, 1.807) is 0 Å². The van der Waals surface area contributed by atoms with Crippen LogP contribution in [0.4, 0.5) is 5.69 Å². The number of carbonyl (C=O) groups is 1. The largest absolute Gasteiger partial charge is 0.367 e. The number of amides is 1. The summed E-state index contributed by atoms with van der Waals surface area (Å²) in [4.78, 5) is 21.7. The van der Waals surface area contributed by atoms with Crippen molar-refractivity contribution in [3.05, 3.63) is 24.0 Å². The van der Waals surface area contributed by atoms with Crippen molar-refractivity contribution in [3.63, 3.8) is 0 Å². The number of nitrogens with one attached hydrogen (secondary N) is 1. The van der Waals surface area contributed by atoms with E-state index in [0.717, 1.165) is 45.4 Å². The lowest BCUT2D eigenvalue weighted by atomic mass is 10.1. The van der Waals surface area contributed by atoms with Gasteiger partial charge in [0.25, 0.3) is 0 Å². The summed E-state index contributed by atoms with van der Waals surface area (Å²) in [6.45, 7) is 6.34. The number of aryl methyl sites for hydroxylation is 1. The molecule has 2 saturated heterocycles. The maximum absolute atomic E-state index is 12.1. The van der Waals surface area contributed by atoms with Crippen LogP contribution in [0.25, 0.3) is 0 Å². The lowest BCUT2D eigenvalue weighted by Gasteiger charge is -2.42. The van der Waals surface area contributed by atoms with Crippen LogP contribution >= 0.6 is 0 Å². The quantitative estimate of drug-likeness (QED) is 0.796. The minimum atomic E-state index is 0.289. The fraction of sp³-hybridized carbons (Fsp3) is 0.714. The molecule has 1 aromatic rings. The van der Waals surface area contributed by atoms with E-state index < -0.39 is 0 Å². The molecule has 0 radical (unpaired) electrons. The highest BCUT2D eigenvalue weighted by Gasteiger charge is 2.39. The summed E-state index contributed by atoms with van der Waals surface area (Å²) in [5.41, 5.74) is 2.62. The zero-order valence-corrected chi connectivity index (χ0v) is 16.0. The molecule has 3 fully saturated rings. The molecule has 3 aliphatic rings. The second kappa shape index (κ2) is 7.95.